The molecule has 78 valence electrons. The van der Waals surface area contributed by atoms with Gasteiger partial charge in [0, 0.05) is 5.92 Å². The van der Waals surface area contributed by atoms with Gasteiger partial charge in [-0.05, 0) is 12.8 Å². The fourth-order valence-electron chi connectivity index (χ4n) is 1.57. The van der Waals surface area contributed by atoms with Crippen molar-refractivity contribution >= 4 is 7.75 Å². The van der Waals surface area contributed by atoms with Crippen molar-refractivity contribution in [2.24, 2.45) is 11.4 Å². The van der Waals surface area contributed by atoms with E-state index >= 15 is 0 Å². The van der Waals surface area contributed by atoms with Gasteiger partial charge >= 0.3 is 7.75 Å². The monoisotopic (exact) mass is 207 g/mol. The molecule has 1 rings (SSSR count). The van der Waals surface area contributed by atoms with Crippen LogP contribution < -0.4 is 5.50 Å². The van der Waals surface area contributed by atoms with Gasteiger partial charge in [0.2, 0.25) is 0 Å². The lowest BCUT2D eigenvalue weighted by atomic mass is 9.97. The van der Waals surface area contributed by atoms with Crippen molar-refractivity contribution in [1.29, 1.82) is 0 Å². The first kappa shape index (κ1) is 11.2. The van der Waals surface area contributed by atoms with Gasteiger partial charge in [-0.15, -0.1) is 0 Å². The molecule has 1 heterocycles. The molecule has 0 spiro atoms. The number of rotatable bonds is 3. The van der Waals surface area contributed by atoms with E-state index in [2.05, 4.69) is 13.8 Å². The van der Waals surface area contributed by atoms with E-state index in [0.717, 1.165) is 19.3 Å². The molecule has 0 aliphatic carbocycles. The highest BCUT2D eigenvalue weighted by atomic mass is 31.2. The van der Waals surface area contributed by atoms with Crippen molar-refractivity contribution in [3.05, 3.63) is 0 Å². The molecule has 0 unspecified atom stereocenters. The summed E-state index contributed by atoms with van der Waals surface area (Å²) >= 11 is 0. The Morgan fingerprint density at radius 1 is 1.54 bits per heavy atom. The van der Waals surface area contributed by atoms with E-state index in [9.17, 15) is 4.57 Å². The molecule has 0 aromatic heterocycles. The van der Waals surface area contributed by atoms with E-state index < -0.39 is 7.75 Å². The van der Waals surface area contributed by atoms with E-state index in [1.54, 1.807) is 0 Å². The fraction of sp³-hybridized carbons (Fsp3) is 1.00. The maximum Gasteiger partial charge on any atom is 0.403 e. The lowest BCUT2D eigenvalue weighted by molar-refractivity contribution is 0.0199. The van der Waals surface area contributed by atoms with Crippen LogP contribution in [0.25, 0.3) is 0 Å². The van der Waals surface area contributed by atoms with Gasteiger partial charge in [-0.2, -0.15) is 0 Å². The van der Waals surface area contributed by atoms with Gasteiger partial charge in [0.1, 0.15) is 0 Å². The Balaban J connectivity index is 2.57. The molecule has 1 aliphatic heterocycles. The molecule has 5 heteroatoms. The number of nitrogens with two attached hydrogens (primary N) is 1. The van der Waals surface area contributed by atoms with E-state index in [1.807, 2.05) is 0 Å². The largest absolute Gasteiger partial charge is 0.403 e. The molecule has 2 N–H and O–H groups in total. The molecule has 4 nitrogen and oxygen atoms in total. The summed E-state index contributed by atoms with van der Waals surface area (Å²) in [7, 11) is -3.22. The molecule has 0 aromatic carbocycles. The smallest absolute Gasteiger partial charge is 0.297 e. The van der Waals surface area contributed by atoms with Crippen LogP contribution in [0.2, 0.25) is 0 Å². The third-order valence-corrected chi connectivity index (χ3v) is 3.45. The van der Waals surface area contributed by atoms with Crippen molar-refractivity contribution in [3.63, 3.8) is 0 Å². The van der Waals surface area contributed by atoms with Crippen LogP contribution in [0.1, 0.15) is 33.1 Å². The maximum atomic E-state index is 11.3. The highest BCUT2D eigenvalue weighted by molar-refractivity contribution is 7.51. The maximum absolute atomic E-state index is 11.3. The molecular formula is C8H18NO3P. The summed E-state index contributed by atoms with van der Waals surface area (Å²) in [4.78, 5) is 0. The third kappa shape index (κ3) is 3.06. The minimum atomic E-state index is -3.22. The Labute approximate surface area is 79.4 Å². The molecule has 13 heavy (non-hydrogen) atoms. The molecule has 0 radical (unpaired) electrons. The first-order valence-electron chi connectivity index (χ1n) is 4.80. The molecule has 0 saturated carbocycles. The standard InChI is InChI=1S/C8H18NO3P/c1-3-5-8-7(4-2)6-11-13(9,10)12-8/h7-8H,3-6H2,1-2H3,(H2,9,10)/t7-,8+,13-/m1/s1. The summed E-state index contributed by atoms with van der Waals surface area (Å²) in [6, 6.07) is 0. The Morgan fingerprint density at radius 3 is 2.77 bits per heavy atom. The minimum Gasteiger partial charge on any atom is -0.297 e. The molecule has 0 aromatic rings. The van der Waals surface area contributed by atoms with Gasteiger partial charge in [-0.1, -0.05) is 20.3 Å². The van der Waals surface area contributed by atoms with Crippen molar-refractivity contribution in [3.8, 4) is 0 Å². The number of hydrogen-bond donors (Lipinski definition) is 1. The van der Waals surface area contributed by atoms with Crippen LogP contribution in [0.3, 0.4) is 0 Å². The van der Waals surface area contributed by atoms with Crippen LogP contribution >= 0.6 is 7.75 Å². The van der Waals surface area contributed by atoms with E-state index in [-0.39, 0.29) is 6.10 Å². The number of hydrogen-bond acceptors (Lipinski definition) is 3. The zero-order valence-corrected chi connectivity index (χ0v) is 9.13. The van der Waals surface area contributed by atoms with Crippen LogP contribution in [0.15, 0.2) is 0 Å². The van der Waals surface area contributed by atoms with Crippen molar-refractivity contribution in [2.45, 2.75) is 39.2 Å². The molecule has 1 aliphatic rings. The topological polar surface area (TPSA) is 61.5 Å². The van der Waals surface area contributed by atoms with Gasteiger partial charge in [0.25, 0.3) is 0 Å². The predicted octanol–water partition coefficient (Wildman–Crippen LogP) is 2.29. The summed E-state index contributed by atoms with van der Waals surface area (Å²) in [5.74, 6) is 0.338. The molecule has 1 fully saturated rings. The van der Waals surface area contributed by atoms with Gasteiger partial charge < -0.3 is 0 Å². The Bertz CT molecular complexity index is 210. The van der Waals surface area contributed by atoms with Crippen LogP contribution in [-0.4, -0.2) is 12.7 Å². The van der Waals surface area contributed by atoms with Gasteiger partial charge in [0.15, 0.2) is 0 Å². The summed E-state index contributed by atoms with van der Waals surface area (Å²) < 4.78 is 21.5. The summed E-state index contributed by atoms with van der Waals surface area (Å²) in [6.07, 6.45) is 2.91. The third-order valence-electron chi connectivity index (χ3n) is 2.37. The van der Waals surface area contributed by atoms with Crippen LogP contribution in [0, 0.1) is 5.92 Å². The average Bonchev–Trinajstić information content (AvgIpc) is 2.04. The first-order valence-corrected chi connectivity index (χ1v) is 6.41. The first-order chi connectivity index (χ1) is 6.09. The average molecular weight is 207 g/mol. The quantitative estimate of drug-likeness (QED) is 0.721. The molecule has 0 bridgehead atoms. The second-order valence-corrected chi connectivity index (χ2v) is 4.99. The normalized spacial score (nSPS) is 40.5. The van der Waals surface area contributed by atoms with Gasteiger partial charge in [-0.25, -0.2) is 10.1 Å². The summed E-state index contributed by atoms with van der Waals surface area (Å²) in [5.41, 5.74) is 5.33. The van der Waals surface area contributed by atoms with Crippen LogP contribution in [0.5, 0.6) is 0 Å². The van der Waals surface area contributed by atoms with Gasteiger partial charge in [0.05, 0.1) is 12.7 Å². The SMILES string of the molecule is CCC[C@@H]1O[P@](N)(=O)OC[C@H]1CC. The zero-order chi connectivity index (χ0) is 9.90. The molecular weight excluding hydrogens is 189 g/mol. The highest BCUT2D eigenvalue weighted by Crippen LogP contribution is 2.47. The van der Waals surface area contributed by atoms with E-state index in [4.69, 9.17) is 14.6 Å². The Kier molecular flexibility index (Phi) is 3.92. The predicted molar refractivity (Wildman–Crippen MR) is 51.3 cm³/mol. The molecule has 0 amide bonds. The fourth-order valence-corrected chi connectivity index (χ4v) is 2.68. The zero-order valence-electron chi connectivity index (χ0n) is 8.23. The van der Waals surface area contributed by atoms with E-state index in [1.165, 1.54) is 0 Å². The van der Waals surface area contributed by atoms with Gasteiger partial charge in [-0.3, -0.25) is 9.05 Å². The second kappa shape index (κ2) is 4.56. The Morgan fingerprint density at radius 2 is 2.23 bits per heavy atom. The van der Waals surface area contributed by atoms with Crippen molar-refractivity contribution < 1.29 is 13.6 Å². The highest BCUT2D eigenvalue weighted by Gasteiger charge is 2.35. The minimum absolute atomic E-state index is 0.0135. The second-order valence-electron chi connectivity index (χ2n) is 3.44. The summed E-state index contributed by atoms with van der Waals surface area (Å²) in [5, 5.41) is 0. The van der Waals surface area contributed by atoms with E-state index in [0.29, 0.717) is 12.5 Å². The molecule has 3 atom stereocenters. The lowest BCUT2D eigenvalue weighted by Gasteiger charge is -2.33. The lowest BCUT2D eigenvalue weighted by Crippen LogP contribution is -2.33. The summed E-state index contributed by atoms with van der Waals surface area (Å²) in [6.45, 7) is 4.62. The van der Waals surface area contributed by atoms with Crippen molar-refractivity contribution in [2.75, 3.05) is 6.61 Å². The van der Waals surface area contributed by atoms with Crippen LogP contribution in [0.4, 0.5) is 0 Å². The Hall–Kier alpha value is 0.110. The molecule has 1 saturated heterocycles. The van der Waals surface area contributed by atoms with Crippen molar-refractivity contribution in [1.82, 2.24) is 0 Å². The van der Waals surface area contributed by atoms with Crippen LogP contribution in [-0.2, 0) is 13.6 Å².